The van der Waals surface area contributed by atoms with Crippen LogP contribution in [-0.2, 0) is 6.54 Å². The molecule has 0 aliphatic carbocycles. The molecular weight excluding hydrogens is 222 g/mol. The highest BCUT2D eigenvalue weighted by Gasteiger charge is 2.13. The molecule has 1 heterocycles. The normalized spacial score (nSPS) is 9.93. The molecule has 0 fully saturated rings. The number of rotatable bonds is 3. The van der Waals surface area contributed by atoms with Gasteiger partial charge in [0.25, 0.3) is 5.56 Å². The molecule has 0 aliphatic heterocycles. The Morgan fingerprint density at radius 1 is 1.53 bits per heavy atom. The summed E-state index contributed by atoms with van der Waals surface area (Å²) in [5.74, 6) is -1.71. The van der Waals surface area contributed by atoms with Gasteiger partial charge in [-0.05, 0) is 0 Å². The lowest BCUT2D eigenvalue weighted by molar-refractivity contribution is 0.0683. The number of carboxylic acid groups (broad SMARTS) is 1. The van der Waals surface area contributed by atoms with E-state index in [-0.39, 0.29) is 17.3 Å². The van der Waals surface area contributed by atoms with Gasteiger partial charge in [-0.25, -0.2) is 4.79 Å². The van der Waals surface area contributed by atoms with E-state index in [0.717, 1.165) is 16.7 Å². The first-order chi connectivity index (χ1) is 6.91. The standard InChI is InChI=1S/C9H8ClNO4/c1-5(10)4-11-7(9(14)15)2-6(12)3-8(11)13/h2-3,12H,1,4H2,(H,14,15). The Morgan fingerprint density at radius 2 is 2.13 bits per heavy atom. The second kappa shape index (κ2) is 4.18. The second-order valence-corrected chi connectivity index (χ2v) is 3.38. The van der Waals surface area contributed by atoms with E-state index >= 15 is 0 Å². The quantitative estimate of drug-likeness (QED) is 0.811. The molecule has 0 atom stereocenters. The number of carboxylic acids is 1. The van der Waals surface area contributed by atoms with Crippen molar-refractivity contribution < 1.29 is 15.0 Å². The van der Waals surface area contributed by atoms with Gasteiger partial charge < -0.3 is 10.2 Å². The molecule has 0 spiro atoms. The maximum absolute atomic E-state index is 11.3. The molecule has 1 aromatic rings. The topological polar surface area (TPSA) is 79.5 Å². The summed E-state index contributed by atoms with van der Waals surface area (Å²) in [6.07, 6.45) is 0. The predicted molar refractivity (Wildman–Crippen MR) is 54.3 cm³/mol. The number of allylic oxidation sites excluding steroid dienone is 1. The summed E-state index contributed by atoms with van der Waals surface area (Å²) in [6.45, 7) is 3.26. The van der Waals surface area contributed by atoms with Gasteiger partial charge in [0.05, 0.1) is 6.54 Å². The summed E-state index contributed by atoms with van der Waals surface area (Å²) in [7, 11) is 0. The molecule has 1 rings (SSSR count). The number of hydrogen-bond acceptors (Lipinski definition) is 3. The Labute approximate surface area is 89.8 Å². The van der Waals surface area contributed by atoms with Gasteiger partial charge in [-0.3, -0.25) is 9.36 Å². The fraction of sp³-hybridized carbons (Fsp3) is 0.111. The number of nitrogens with zero attached hydrogens (tertiary/aromatic N) is 1. The van der Waals surface area contributed by atoms with Crippen LogP contribution >= 0.6 is 11.6 Å². The minimum absolute atomic E-state index is 0.109. The molecule has 0 unspecified atom stereocenters. The van der Waals surface area contributed by atoms with E-state index in [1.165, 1.54) is 0 Å². The third-order valence-electron chi connectivity index (χ3n) is 1.66. The SMILES string of the molecule is C=C(Cl)Cn1c(C(=O)O)cc(O)cc1=O. The van der Waals surface area contributed by atoms with Crippen LogP contribution in [0.4, 0.5) is 0 Å². The van der Waals surface area contributed by atoms with Crippen molar-refractivity contribution in [3.8, 4) is 5.75 Å². The van der Waals surface area contributed by atoms with Crippen LogP contribution in [0.15, 0.2) is 28.5 Å². The molecule has 0 aromatic carbocycles. The van der Waals surface area contributed by atoms with Gasteiger partial charge in [-0.1, -0.05) is 18.2 Å². The van der Waals surface area contributed by atoms with Gasteiger partial charge in [0.15, 0.2) is 0 Å². The average Bonchev–Trinajstić information content (AvgIpc) is 2.08. The number of pyridine rings is 1. The minimum Gasteiger partial charge on any atom is -0.508 e. The Bertz CT molecular complexity index is 477. The van der Waals surface area contributed by atoms with Gasteiger partial charge in [-0.15, -0.1) is 0 Å². The van der Waals surface area contributed by atoms with Gasteiger partial charge in [0.1, 0.15) is 11.4 Å². The zero-order chi connectivity index (χ0) is 11.6. The Morgan fingerprint density at radius 3 is 2.60 bits per heavy atom. The molecule has 80 valence electrons. The molecule has 0 amide bonds. The van der Waals surface area contributed by atoms with Gasteiger partial charge in [0, 0.05) is 17.2 Å². The lowest BCUT2D eigenvalue weighted by Gasteiger charge is -2.08. The molecule has 0 aliphatic rings. The monoisotopic (exact) mass is 229 g/mol. The minimum atomic E-state index is -1.32. The molecule has 0 saturated heterocycles. The first-order valence-corrected chi connectivity index (χ1v) is 4.30. The summed E-state index contributed by atoms with van der Waals surface area (Å²) < 4.78 is 0.914. The fourth-order valence-electron chi connectivity index (χ4n) is 1.09. The van der Waals surface area contributed by atoms with Crippen LogP contribution in [0.2, 0.25) is 0 Å². The lowest BCUT2D eigenvalue weighted by atomic mass is 10.3. The van der Waals surface area contributed by atoms with Crippen molar-refractivity contribution in [1.82, 2.24) is 4.57 Å². The zero-order valence-electron chi connectivity index (χ0n) is 7.61. The number of aromatic hydroxyl groups is 1. The Balaban J connectivity index is 3.40. The van der Waals surface area contributed by atoms with Crippen LogP contribution in [0.25, 0.3) is 0 Å². The first-order valence-electron chi connectivity index (χ1n) is 3.92. The third-order valence-corrected chi connectivity index (χ3v) is 1.78. The van der Waals surface area contributed by atoms with Crippen LogP contribution < -0.4 is 5.56 Å². The van der Waals surface area contributed by atoms with Crippen LogP contribution in [0, 0.1) is 0 Å². The summed E-state index contributed by atoms with van der Waals surface area (Å²) in [5, 5.41) is 18.0. The smallest absolute Gasteiger partial charge is 0.352 e. The molecule has 2 N–H and O–H groups in total. The van der Waals surface area contributed by atoms with Crippen molar-refractivity contribution in [3.63, 3.8) is 0 Å². The predicted octanol–water partition coefficient (Wildman–Crippen LogP) is 1.00. The second-order valence-electron chi connectivity index (χ2n) is 2.85. The van der Waals surface area contributed by atoms with Crippen LogP contribution in [0.5, 0.6) is 5.75 Å². The summed E-state index contributed by atoms with van der Waals surface area (Å²) >= 11 is 5.49. The van der Waals surface area contributed by atoms with Gasteiger partial charge in [0.2, 0.25) is 0 Å². The largest absolute Gasteiger partial charge is 0.508 e. The molecule has 5 nitrogen and oxygen atoms in total. The molecular formula is C9H8ClNO4. The lowest BCUT2D eigenvalue weighted by Crippen LogP contribution is -2.25. The number of hydrogen-bond donors (Lipinski definition) is 2. The zero-order valence-corrected chi connectivity index (χ0v) is 8.36. The molecule has 0 radical (unpaired) electrons. The summed E-state index contributed by atoms with van der Waals surface area (Å²) in [6, 6.07) is 1.88. The van der Waals surface area contributed by atoms with Crippen LogP contribution in [-0.4, -0.2) is 20.7 Å². The van der Waals surface area contributed by atoms with Crippen LogP contribution in [0.3, 0.4) is 0 Å². The number of carbonyl (C=O) groups is 1. The van der Waals surface area contributed by atoms with E-state index < -0.39 is 17.3 Å². The average molecular weight is 230 g/mol. The van der Waals surface area contributed by atoms with Crippen molar-refractivity contribution in [3.05, 3.63) is 39.8 Å². The van der Waals surface area contributed by atoms with E-state index in [1.54, 1.807) is 0 Å². The van der Waals surface area contributed by atoms with Crippen molar-refractivity contribution in [2.75, 3.05) is 0 Å². The Kier molecular flexibility index (Phi) is 3.16. The molecule has 1 aromatic heterocycles. The number of aromatic carboxylic acids is 1. The van der Waals surface area contributed by atoms with E-state index in [2.05, 4.69) is 6.58 Å². The van der Waals surface area contributed by atoms with E-state index in [9.17, 15) is 9.59 Å². The first kappa shape index (κ1) is 11.3. The number of aromatic nitrogens is 1. The van der Waals surface area contributed by atoms with E-state index in [4.69, 9.17) is 21.8 Å². The fourth-order valence-corrected chi connectivity index (χ4v) is 1.21. The van der Waals surface area contributed by atoms with E-state index in [1.807, 2.05) is 0 Å². The van der Waals surface area contributed by atoms with Crippen molar-refractivity contribution in [1.29, 1.82) is 0 Å². The maximum Gasteiger partial charge on any atom is 0.352 e. The van der Waals surface area contributed by atoms with Gasteiger partial charge >= 0.3 is 5.97 Å². The molecule has 6 heteroatoms. The van der Waals surface area contributed by atoms with Crippen molar-refractivity contribution in [2.45, 2.75) is 6.54 Å². The summed E-state index contributed by atoms with van der Waals surface area (Å²) in [4.78, 5) is 22.1. The highest BCUT2D eigenvalue weighted by molar-refractivity contribution is 6.29. The van der Waals surface area contributed by atoms with Crippen molar-refractivity contribution in [2.24, 2.45) is 0 Å². The van der Waals surface area contributed by atoms with E-state index in [0.29, 0.717) is 0 Å². The Hall–Kier alpha value is -1.75. The number of halogens is 1. The van der Waals surface area contributed by atoms with Gasteiger partial charge in [-0.2, -0.15) is 0 Å². The molecule has 0 saturated carbocycles. The highest BCUT2D eigenvalue weighted by Crippen LogP contribution is 2.10. The highest BCUT2D eigenvalue weighted by atomic mass is 35.5. The molecule has 15 heavy (non-hydrogen) atoms. The van der Waals surface area contributed by atoms with Crippen molar-refractivity contribution >= 4 is 17.6 Å². The van der Waals surface area contributed by atoms with Crippen LogP contribution in [0.1, 0.15) is 10.5 Å². The third kappa shape index (κ3) is 2.60. The maximum atomic E-state index is 11.3. The summed E-state index contributed by atoms with van der Waals surface area (Å²) in [5.41, 5.74) is -0.976. The molecule has 0 bridgehead atoms.